The Kier molecular flexibility index (Phi) is 5.98. The summed E-state index contributed by atoms with van der Waals surface area (Å²) in [7, 11) is 1.99. The van der Waals surface area contributed by atoms with Crippen LogP contribution in [-0.4, -0.2) is 18.6 Å². The highest BCUT2D eigenvalue weighted by molar-refractivity contribution is 5.26. The minimum atomic E-state index is 0.354. The Morgan fingerprint density at radius 2 is 2.12 bits per heavy atom. The molecule has 1 aromatic heterocycles. The number of nitrogens with zero attached hydrogens (tertiary/aromatic N) is 1. The molecule has 17 heavy (non-hydrogen) atoms. The molecule has 0 spiro atoms. The van der Waals surface area contributed by atoms with Crippen molar-refractivity contribution < 1.29 is 4.74 Å². The van der Waals surface area contributed by atoms with Crippen molar-refractivity contribution in [3.05, 3.63) is 24.0 Å². The third-order valence-electron chi connectivity index (χ3n) is 2.67. The molecule has 0 radical (unpaired) electrons. The Hall–Kier alpha value is -1.09. The summed E-state index contributed by atoms with van der Waals surface area (Å²) in [6.45, 7) is 7.32. The van der Waals surface area contributed by atoms with Crippen molar-refractivity contribution in [2.45, 2.75) is 39.7 Å². The summed E-state index contributed by atoms with van der Waals surface area (Å²) in [5.41, 5.74) is 1.20. The second-order valence-corrected chi connectivity index (χ2v) is 4.77. The summed E-state index contributed by atoms with van der Waals surface area (Å²) >= 11 is 0. The molecule has 0 aromatic carbocycles. The molecule has 1 N–H and O–H groups in total. The largest absolute Gasteiger partial charge is 0.492 e. The van der Waals surface area contributed by atoms with Gasteiger partial charge in [0.05, 0.1) is 12.8 Å². The van der Waals surface area contributed by atoms with E-state index in [1.165, 1.54) is 5.56 Å². The Morgan fingerprint density at radius 3 is 2.71 bits per heavy atom. The first-order valence-electron chi connectivity index (χ1n) is 6.42. The second kappa shape index (κ2) is 7.28. The monoisotopic (exact) mass is 236 g/mol. The molecule has 0 saturated carbocycles. The number of nitrogens with one attached hydrogen (secondary N) is 1. The summed E-state index contributed by atoms with van der Waals surface area (Å²) < 4.78 is 5.61. The summed E-state index contributed by atoms with van der Waals surface area (Å²) in [4.78, 5) is 4.25. The molecule has 0 saturated heterocycles. The summed E-state index contributed by atoms with van der Waals surface area (Å²) in [6, 6.07) is 2.44. The van der Waals surface area contributed by atoms with Gasteiger partial charge in [0, 0.05) is 12.2 Å². The van der Waals surface area contributed by atoms with Gasteiger partial charge < -0.3 is 10.1 Å². The lowest BCUT2D eigenvalue weighted by atomic mass is 9.98. The molecule has 3 nitrogen and oxygen atoms in total. The van der Waals surface area contributed by atoms with E-state index in [0.29, 0.717) is 12.0 Å². The molecule has 1 rings (SSSR count). The fourth-order valence-electron chi connectivity index (χ4n) is 1.82. The Labute approximate surface area is 105 Å². The Balaban J connectivity index is 2.73. The van der Waals surface area contributed by atoms with Crippen LogP contribution in [0, 0.1) is 5.92 Å². The second-order valence-electron chi connectivity index (χ2n) is 4.77. The van der Waals surface area contributed by atoms with Crippen molar-refractivity contribution in [2.75, 3.05) is 13.7 Å². The average molecular weight is 236 g/mol. The average Bonchev–Trinajstić information content (AvgIpc) is 2.33. The topological polar surface area (TPSA) is 34.1 Å². The highest BCUT2D eigenvalue weighted by Gasteiger charge is 2.12. The highest BCUT2D eigenvalue weighted by Crippen LogP contribution is 2.23. The van der Waals surface area contributed by atoms with Crippen molar-refractivity contribution in [1.29, 1.82) is 0 Å². The summed E-state index contributed by atoms with van der Waals surface area (Å²) in [5, 5.41) is 3.34. The van der Waals surface area contributed by atoms with E-state index in [0.717, 1.165) is 25.2 Å². The molecule has 1 atom stereocenters. The lowest BCUT2D eigenvalue weighted by Gasteiger charge is -2.19. The first-order chi connectivity index (χ1) is 8.17. The smallest absolute Gasteiger partial charge is 0.137 e. The van der Waals surface area contributed by atoms with Crippen LogP contribution in [0.2, 0.25) is 0 Å². The first-order valence-corrected chi connectivity index (χ1v) is 6.42. The third kappa shape index (κ3) is 4.73. The van der Waals surface area contributed by atoms with Gasteiger partial charge in [-0.2, -0.15) is 0 Å². The van der Waals surface area contributed by atoms with Crippen LogP contribution < -0.4 is 10.1 Å². The van der Waals surface area contributed by atoms with Crippen LogP contribution in [0.5, 0.6) is 5.75 Å². The summed E-state index contributed by atoms with van der Waals surface area (Å²) in [6.07, 6.45) is 5.82. The van der Waals surface area contributed by atoms with Crippen LogP contribution in [0.4, 0.5) is 0 Å². The zero-order chi connectivity index (χ0) is 12.7. The van der Waals surface area contributed by atoms with Crippen LogP contribution in [-0.2, 0) is 0 Å². The maximum absolute atomic E-state index is 5.61. The lowest BCUT2D eigenvalue weighted by molar-refractivity contribution is 0.315. The van der Waals surface area contributed by atoms with Crippen LogP contribution in [0.15, 0.2) is 18.5 Å². The molecule has 0 amide bonds. The lowest BCUT2D eigenvalue weighted by Crippen LogP contribution is -2.18. The molecule has 1 aromatic rings. The van der Waals surface area contributed by atoms with Crippen LogP contribution in [0.25, 0.3) is 0 Å². The van der Waals surface area contributed by atoms with Crippen molar-refractivity contribution in [2.24, 2.45) is 5.92 Å². The van der Waals surface area contributed by atoms with Gasteiger partial charge in [-0.05, 0) is 37.4 Å². The van der Waals surface area contributed by atoms with Gasteiger partial charge in [-0.1, -0.05) is 20.8 Å². The van der Waals surface area contributed by atoms with E-state index in [1.54, 1.807) is 6.20 Å². The van der Waals surface area contributed by atoms with Gasteiger partial charge >= 0.3 is 0 Å². The molecule has 1 heterocycles. The predicted octanol–water partition coefficient (Wildman–Crippen LogP) is 3.18. The minimum absolute atomic E-state index is 0.354. The number of pyridine rings is 1. The van der Waals surface area contributed by atoms with Crippen molar-refractivity contribution in [1.82, 2.24) is 10.3 Å². The van der Waals surface area contributed by atoms with Crippen LogP contribution in [0.1, 0.15) is 45.2 Å². The van der Waals surface area contributed by atoms with Gasteiger partial charge in [0.15, 0.2) is 0 Å². The summed E-state index contributed by atoms with van der Waals surface area (Å²) in [5.74, 6) is 1.53. The molecule has 0 bridgehead atoms. The fraction of sp³-hybridized carbons (Fsp3) is 0.643. The number of ether oxygens (including phenoxy) is 1. The molecule has 0 aliphatic carbocycles. The molecule has 3 heteroatoms. The van der Waals surface area contributed by atoms with Gasteiger partial charge in [0.2, 0.25) is 0 Å². The molecule has 96 valence electrons. The van der Waals surface area contributed by atoms with E-state index in [1.807, 2.05) is 13.2 Å². The van der Waals surface area contributed by atoms with Crippen LogP contribution >= 0.6 is 0 Å². The van der Waals surface area contributed by atoms with Crippen molar-refractivity contribution in [3.63, 3.8) is 0 Å². The minimum Gasteiger partial charge on any atom is -0.492 e. The van der Waals surface area contributed by atoms with E-state index < -0.39 is 0 Å². The SMILES string of the molecule is CCCOc1cncc(C(CC(C)C)NC)c1. The van der Waals surface area contributed by atoms with E-state index in [9.17, 15) is 0 Å². The highest BCUT2D eigenvalue weighted by atomic mass is 16.5. The molecule has 0 fully saturated rings. The molecule has 0 aliphatic heterocycles. The third-order valence-corrected chi connectivity index (χ3v) is 2.67. The fourth-order valence-corrected chi connectivity index (χ4v) is 1.82. The standard InChI is InChI=1S/C14H24N2O/c1-5-6-17-13-8-12(9-16-10-13)14(15-4)7-11(2)3/h8-11,14-15H,5-7H2,1-4H3. The predicted molar refractivity (Wildman–Crippen MR) is 71.3 cm³/mol. The van der Waals surface area contributed by atoms with E-state index in [-0.39, 0.29) is 0 Å². The maximum Gasteiger partial charge on any atom is 0.137 e. The zero-order valence-electron chi connectivity index (χ0n) is 11.4. The van der Waals surface area contributed by atoms with Crippen molar-refractivity contribution >= 4 is 0 Å². The van der Waals surface area contributed by atoms with Gasteiger partial charge in [-0.3, -0.25) is 4.98 Å². The maximum atomic E-state index is 5.61. The van der Waals surface area contributed by atoms with Gasteiger partial charge in [-0.15, -0.1) is 0 Å². The zero-order valence-corrected chi connectivity index (χ0v) is 11.4. The Bertz CT molecular complexity index is 326. The quantitative estimate of drug-likeness (QED) is 0.789. The van der Waals surface area contributed by atoms with Gasteiger partial charge in [-0.25, -0.2) is 0 Å². The normalized spacial score (nSPS) is 12.8. The van der Waals surface area contributed by atoms with E-state index >= 15 is 0 Å². The van der Waals surface area contributed by atoms with E-state index in [2.05, 4.69) is 37.1 Å². The molecule has 1 unspecified atom stereocenters. The van der Waals surface area contributed by atoms with Crippen molar-refractivity contribution in [3.8, 4) is 5.75 Å². The van der Waals surface area contributed by atoms with E-state index in [4.69, 9.17) is 4.74 Å². The molecular formula is C14H24N2O. The van der Waals surface area contributed by atoms with Gasteiger partial charge in [0.25, 0.3) is 0 Å². The first kappa shape index (κ1) is 14.0. The molecule has 0 aliphatic rings. The number of aromatic nitrogens is 1. The molecular weight excluding hydrogens is 212 g/mol. The Morgan fingerprint density at radius 1 is 1.35 bits per heavy atom. The number of hydrogen-bond donors (Lipinski definition) is 1. The number of rotatable bonds is 7. The number of hydrogen-bond acceptors (Lipinski definition) is 3. The van der Waals surface area contributed by atoms with Gasteiger partial charge in [0.1, 0.15) is 5.75 Å². The van der Waals surface area contributed by atoms with Crippen LogP contribution in [0.3, 0.4) is 0 Å².